The second-order valence-corrected chi connectivity index (χ2v) is 8.61. The molecule has 0 aromatic heterocycles. The topological polar surface area (TPSA) is 141 Å². The van der Waals surface area contributed by atoms with Gasteiger partial charge in [-0.05, 0) is 55.7 Å². The van der Waals surface area contributed by atoms with Crippen LogP contribution in [0.25, 0.3) is 0 Å². The third kappa shape index (κ3) is 7.89. The average Bonchev–Trinajstić information content (AvgIpc) is 3.40. The highest BCUT2D eigenvalue weighted by Crippen LogP contribution is 2.35. The molecule has 39 heavy (non-hydrogen) atoms. The first-order valence-electron chi connectivity index (χ1n) is 12.6. The maximum Gasteiger partial charge on any atom is 0.412 e. The van der Waals surface area contributed by atoms with Crippen molar-refractivity contribution in [2.24, 2.45) is 0 Å². The second-order valence-electron chi connectivity index (χ2n) is 8.61. The number of carbonyl (C=O) groups excluding carboxylic acids is 2. The number of amides is 2. The highest BCUT2D eigenvalue weighted by molar-refractivity contribution is 6.01. The number of hydrogen-bond donors (Lipinski definition) is 4. The summed E-state index contributed by atoms with van der Waals surface area (Å²) in [5.41, 5.74) is 8.08. The van der Waals surface area contributed by atoms with E-state index >= 15 is 0 Å². The number of unbranched alkanes of at least 4 members (excludes halogenated alkanes) is 1. The Labute approximate surface area is 226 Å². The van der Waals surface area contributed by atoms with Gasteiger partial charge in [-0.25, -0.2) is 4.79 Å². The molecule has 0 spiro atoms. The molecule has 0 fully saturated rings. The Morgan fingerprint density at radius 3 is 2.67 bits per heavy atom. The van der Waals surface area contributed by atoms with E-state index in [1.54, 1.807) is 60.7 Å². The largest absolute Gasteiger partial charge is 0.491 e. The molecule has 2 amide bonds. The summed E-state index contributed by atoms with van der Waals surface area (Å²) in [6, 6.07) is 19.3. The third-order valence-electron chi connectivity index (χ3n) is 5.81. The van der Waals surface area contributed by atoms with Gasteiger partial charge in [-0.15, -0.1) is 0 Å². The van der Waals surface area contributed by atoms with Gasteiger partial charge in [0, 0.05) is 17.3 Å². The molecule has 0 bridgehead atoms. The van der Waals surface area contributed by atoms with Crippen LogP contribution >= 0.6 is 0 Å². The minimum atomic E-state index is -0.647. The van der Waals surface area contributed by atoms with E-state index in [-0.39, 0.29) is 25.9 Å². The predicted octanol–water partition coefficient (Wildman–Crippen LogP) is 5.02. The van der Waals surface area contributed by atoms with Crippen LogP contribution < -0.4 is 30.6 Å². The van der Waals surface area contributed by atoms with Crippen LogP contribution in [0.15, 0.2) is 78.9 Å². The molecule has 1 atom stereocenters. The van der Waals surface area contributed by atoms with Crippen LogP contribution in [0.2, 0.25) is 0 Å². The van der Waals surface area contributed by atoms with Gasteiger partial charge >= 0.3 is 6.09 Å². The fourth-order valence-corrected chi connectivity index (χ4v) is 3.96. The summed E-state index contributed by atoms with van der Waals surface area (Å²) in [6.45, 7) is 0.0925. The molecule has 0 radical (unpaired) electrons. The van der Waals surface area contributed by atoms with E-state index in [0.717, 1.165) is 0 Å². The van der Waals surface area contributed by atoms with Crippen molar-refractivity contribution in [3.05, 3.63) is 84.4 Å². The van der Waals surface area contributed by atoms with Crippen LogP contribution in [0, 0.1) is 0 Å². The Bertz CT molecular complexity index is 1310. The fourth-order valence-electron chi connectivity index (χ4n) is 3.96. The highest BCUT2D eigenvalue weighted by Gasteiger charge is 2.21. The third-order valence-corrected chi connectivity index (χ3v) is 5.81. The van der Waals surface area contributed by atoms with E-state index in [9.17, 15) is 14.7 Å². The van der Waals surface area contributed by atoms with Crippen LogP contribution in [0.1, 0.15) is 30.9 Å². The average molecular weight is 534 g/mol. The molecule has 10 nitrogen and oxygen atoms in total. The van der Waals surface area contributed by atoms with E-state index in [0.29, 0.717) is 59.1 Å². The number of rotatable bonds is 12. The molecule has 10 heteroatoms. The summed E-state index contributed by atoms with van der Waals surface area (Å²) in [6.07, 6.45) is 3.57. The van der Waals surface area contributed by atoms with Gasteiger partial charge < -0.3 is 35.1 Å². The molecule has 0 saturated carbocycles. The molecule has 5 N–H and O–H groups in total. The number of nitrogens with two attached hydrogens (primary N) is 1. The monoisotopic (exact) mass is 533 g/mol. The number of anilines is 3. The van der Waals surface area contributed by atoms with Crippen molar-refractivity contribution in [1.82, 2.24) is 0 Å². The Morgan fingerprint density at radius 1 is 1.03 bits per heavy atom. The number of benzene rings is 3. The van der Waals surface area contributed by atoms with Crippen molar-refractivity contribution in [1.29, 1.82) is 0 Å². The molecule has 204 valence electrons. The zero-order valence-electron chi connectivity index (χ0n) is 21.3. The zero-order chi connectivity index (χ0) is 27.5. The Balaban J connectivity index is 1.38. The zero-order valence-corrected chi connectivity index (χ0v) is 21.3. The van der Waals surface area contributed by atoms with Gasteiger partial charge in [0.1, 0.15) is 18.5 Å². The van der Waals surface area contributed by atoms with Crippen LogP contribution in [0.3, 0.4) is 0 Å². The van der Waals surface area contributed by atoms with Crippen LogP contribution in [0.5, 0.6) is 17.2 Å². The lowest BCUT2D eigenvalue weighted by atomic mass is 10.0. The minimum absolute atomic E-state index is 0.108. The maximum atomic E-state index is 12.8. The SMILES string of the molecule is Nc1ccccc1NC(=O)/C=C/CCC[C@H](OC(=O)Nc1ccc2c(c1)OCO2)c1ccccc1OCCO. The second kappa shape index (κ2) is 13.7. The van der Waals surface area contributed by atoms with Gasteiger partial charge in [0.05, 0.1) is 18.0 Å². The first kappa shape index (κ1) is 27.3. The molecule has 3 aromatic rings. The number of hydrogen-bond acceptors (Lipinski definition) is 8. The van der Waals surface area contributed by atoms with Crippen molar-refractivity contribution in [2.75, 3.05) is 36.4 Å². The highest BCUT2D eigenvalue weighted by atomic mass is 16.7. The van der Waals surface area contributed by atoms with Gasteiger partial charge in [0.2, 0.25) is 12.7 Å². The predicted molar refractivity (Wildman–Crippen MR) is 147 cm³/mol. The van der Waals surface area contributed by atoms with Crippen LogP contribution in [-0.2, 0) is 9.53 Å². The van der Waals surface area contributed by atoms with Gasteiger partial charge in [0.15, 0.2) is 11.5 Å². The number of para-hydroxylation sites is 3. The molecule has 1 aliphatic heterocycles. The summed E-state index contributed by atoms with van der Waals surface area (Å²) >= 11 is 0. The molecule has 1 aliphatic rings. The van der Waals surface area contributed by atoms with Crippen molar-refractivity contribution in [3.63, 3.8) is 0 Å². The van der Waals surface area contributed by atoms with Crippen molar-refractivity contribution >= 4 is 29.1 Å². The Hall–Kier alpha value is -4.70. The fraction of sp³-hybridized carbons (Fsp3) is 0.241. The maximum absolute atomic E-state index is 12.8. The number of fused-ring (bicyclic) bond motifs is 1. The molecule has 4 rings (SSSR count). The smallest absolute Gasteiger partial charge is 0.412 e. The summed E-state index contributed by atoms with van der Waals surface area (Å²) in [5, 5.41) is 14.7. The normalized spacial score (nSPS) is 12.6. The molecule has 0 saturated heterocycles. The number of aliphatic hydroxyl groups is 1. The lowest BCUT2D eigenvalue weighted by molar-refractivity contribution is -0.111. The molecular weight excluding hydrogens is 502 g/mol. The quantitative estimate of drug-likeness (QED) is 0.144. The van der Waals surface area contributed by atoms with Crippen molar-refractivity contribution in [3.8, 4) is 17.2 Å². The van der Waals surface area contributed by atoms with Gasteiger partial charge in [0.25, 0.3) is 0 Å². The standard InChI is InChI=1S/C29H31N3O7/c30-22-9-5-6-10-23(22)32-28(34)13-3-1-2-12-25(21-8-4-7-11-24(21)36-17-16-33)39-29(35)31-20-14-15-26-27(18-20)38-19-37-26/h3-11,13-15,18,25,33H,1-2,12,16-17,19,30H2,(H,31,35)(H,32,34)/b13-3+/t25-/m0/s1. The summed E-state index contributed by atoms with van der Waals surface area (Å²) < 4.78 is 22.2. The molecule has 0 unspecified atom stereocenters. The van der Waals surface area contributed by atoms with E-state index in [1.165, 1.54) is 6.08 Å². The Kier molecular flexibility index (Phi) is 9.63. The van der Waals surface area contributed by atoms with Crippen molar-refractivity contribution < 1.29 is 33.6 Å². The van der Waals surface area contributed by atoms with Crippen molar-refractivity contribution in [2.45, 2.75) is 25.4 Å². The van der Waals surface area contributed by atoms with Gasteiger partial charge in [-0.2, -0.15) is 0 Å². The summed E-state index contributed by atoms with van der Waals surface area (Å²) in [7, 11) is 0. The summed E-state index contributed by atoms with van der Waals surface area (Å²) in [4.78, 5) is 25.1. The number of aliphatic hydroxyl groups excluding tert-OH is 1. The van der Waals surface area contributed by atoms with E-state index in [4.69, 9.17) is 24.7 Å². The van der Waals surface area contributed by atoms with Gasteiger partial charge in [-0.1, -0.05) is 36.4 Å². The lowest BCUT2D eigenvalue weighted by Gasteiger charge is -2.21. The summed E-state index contributed by atoms with van der Waals surface area (Å²) in [5.74, 6) is 1.38. The molecule has 1 heterocycles. The van der Waals surface area contributed by atoms with E-state index < -0.39 is 12.2 Å². The molecule has 0 aliphatic carbocycles. The van der Waals surface area contributed by atoms with Crippen LogP contribution in [-0.4, -0.2) is 37.1 Å². The first-order valence-corrected chi connectivity index (χ1v) is 12.6. The number of allylic oxidation sites excluding steroid dienone is 1. The van der Waals surface area contributed by atoms with E-state index in [2.05, 4.69) is 10.6 Å². The number of nitrogens with one attached hydrogen (secondary N) is 2. The molecular formula is C29H31N3O7. The van der Waals surface area contributed by atoms with E-state index in [1.807, 2.05) is 12.1 Å². The Morgan fingerprint density at radius 2 is 1.82 bits per heavy atom. The number of carbonyl (C=O) groups is 2. The number of ether oxygens (including phenoxy) is 4. The first-order chi connectivity index (χ1) is 19.0. The molecule has 3 aromatic carbocycles. The number of nitrogen functional groups attached to an aromatic ring is 1. The minimum Gasteiger partial charge on any atom is -0.491 e. The van der Waals surface area contributed by atoms with Gasteiger partial charge in [-0.3, -0.25) is 10.1 Å². The van der Waals surface area contributed by atoms with Crippen LogP contribution in [0.4, 0.5) is 21.9 Å². The lowest BCUT2D eigenvalue weighted by Crippen LogP contribution is -2.18.